The summed E-state index contributed by atoms with van der Waals surface area (Å²) in [6, 6.07) is 4.34. The maximum absolute atomic E-state index is 9.63. The summed E-state index contributed by atoms with van der Waals surface area (Å²) in [4.78, 5) is 2.74. The first-order valence-electron chi connectivity index (χ1n) is 8.55. The maximum Gasteiger partial charge on any atom is 0.108 e. The molecule has 3 unspecified atom stereocenters. The summed E-state index contributed by atoms with van der Waals surface area (Å²) in [5.41, 5.74) is -0.274. The normalized spacial score (nSPS) is 36.0. The van der Waals surface area contributed by atoms with Crippen molar-refractivity contribution in [2.45, 2.75) is 95.8 Å². The largest absolute Gasteiger partial charge is 0.297 e. The van der Waals surface area contributed by atoms with Gasteiger partial charge in [0.2, 0.25) is 0 Å². The van der Waals surface area contributed by atoms with E-state index in [2.05, 4.69) is 37.1 Å². The Balaban J connectivity index is 2.04. The van der Waals surface area contributed by atoms with Crippen molar-refractivity contribution in [2.24, 2.45) is 0 Å². The molecule has 0 aromatic rings. The molecule has 1 aliphatic heterocycles. The third-order valence-corrected chi connectivity index (χ3v) is 5.13. The zero-order valence-electron chi connectivity index (χ0n) is 13.5. The van der Waals surface area contributed by atoms with Crippen molar-refractivity contribution in [3.05, 3.63) is 0 Å². The van der Waals surface area contributed by atoms with Crippen molar-refractivity contribution < 1.29 is 0 Å². The Labute approximate surface area is 124 Å². The molecule has 1 aliphatic carbocycles. The van der Waals surface area contributed by atoms with Crippen LogP contribution in [-0.2, 0) is 0 Å². The van der Waals surface area contributed by atoms with E-state index >= 15 is 0 Å². The number of nitrogens with one attached hydrogen (secondary N) is 1. The van der Waals surface area contributed by atoms with Crippen LogP contribution in [0.2, 0.25) is 0 Å². The number of rotatable bonds is 4. The molecule has 3 nitrogen and oxygen atoms in total. The van der Waals surface area contributed by atoms with Gasteiger partial charge in [0, 0.05) is 18.1 Å². The fraction of sp³-hybridized carbons (Fsp3) is 0.941. The smallest absolute Gasteiger partial charge is 0.108 e. The van der Waals surface area contributed by atoms with Gasteiger partial charge in [0.05, 0.1) is 6.07 Å². The van der Waals surface area contributed by atoms with E-state index in [1.54, 1.807) is 0 Å². The van der Waals surface area contributed by atoms with Crippen LogP contribution in [-0.4, -0.2) is 35.1 Å². The molecule has 1 saturated heterocycles. The molecular weight excluding hydrogens is 246 g/mol. The Morgan fingerprint density at radius 1 is 1.30 bits per heavy atom. The molecule has 0 radical (unpaired) electrons. The molecule has 114 valence electrons. The summed E-state index contributed by atoms with van der Waals surface area (Å²) >= 11 is 0. The van der Waals surface area contributed by atoms with Crippen molar-refractivity contribution in [1.82, 2.24) is 10.2 Å². The van der Waals surface area contributed by atoms with Gasteiger partial charge in [0.1, 0.15) is 5.54 Å². The second-order valence-electron chi connectivity index (χ2n) is 7.04. The van der Waals surface area contributed by atoms with Crippen LogP contribution in [0, 0.1) is 11.3 Å². The highest BCUT2D eigenvalue weighted by molar-refractivity contribution is 5.14. The fourth-order valence-corrected chi connectivity index (χ4v) is 4.24. The molecule has 2 aliphatic rings. The Morgan fingerprint density at radius 2 is 2.10 bits per heavy atom. The minimum atomic E-state index is -0.274. The number of hydrogen-bond acceptors (Lipinski definition) is 3. The lowest BCUT2D eigenvalue weighted by atomic mass is 9.97. The first-order chi connectivity index (χ1) is 9.60. The van der Waals surface area contributed by atoms with E-state index in [9.17, 15) is 5.26 Å². The van der Waals surface area contributed by atoms with Crippen LogP contribution in [0.3, 0.4) is 0 Å². The van der Waals surface area contributed by atoms with Crippen LogP contribution in [0.25, 0.3) is 0 Å². The monoisotopic (exact) mass is 277 g/mol. The minimum Gasteiger partial charge on any atom is -0.297 e. The molecule has 20 heavy (non-hydrogen) atoms. The van der Waals surface area contributed by atoms with E-state index in [0.717, 1.165) is 18.9 Å². The molecule has 0 bridgehead atoms. The fourth-order valence-electron chi connectivity index (χ4n) is 4.24. The van der Waals surface area contributed by atoms with Gasteiger partial charge in [-0.3, -0.25) is 10.2 Å². The van der Waals surface area contributed by atoms with Gasteiger partial charge in [-0.05, 0) is 58.9 Å². The van der Waals surface area contributed by atoms with E-state index in [0.29, 0.717) is 12.1 Å². The molecule has 2 fully saturated rings. The van der Waals surface area contributed by atoms with Crippen LogP contribution >= 0.6 is 0 Å². The minimum absolute atomic E-state index is 0.274. The number of nitrogens with zero attached hydrogens (tertiary/aromatic N) is 2. The molecule has 0 aromatic heterocycles. The number of nitriles is 1. The van der Waals surface area contributed by atoms with Crippen molar-refractivity contribution in [3.63, 3.8) is 0 Å². The molecule has 2 rings (SSSR count). The van der Waals surface area contributed by atoms with Crippen molar-refractivity contribution in [2.75, 3.05) is 6.54 Å². The van der Waals surface area contributed by atoms with Crippen LogP contribution in [0.4, 0.5) is 0 Å². The lowest BCUT2D eigenvalue weighted by Gasteiger charge is -2.35. The maximum atomic E-state index is 9.63. The Kier molecular flexibility index (Phi) is 5.46. The quantitative estimate of drug-likeness (QED) is 0.855. The van der Waals surface area contributed by atoms with Gasteiger partial charge in [0.25, 0.3) is 0 Å². The summed E-state index contributed by atoms with van der Waals surface area (Å²) in [5.74, 6) is 0. The summed E-state index contributed by atoms with van der Waals surface area (Å²) in [5, 5.41) is 13.2. The predicted octanol–water partition coefficient (Wildman–Crippen LogP) is 3.45. The van der Waals surface area contributed by atoms with Crippen LogP contribution in [0.1, 0.15) is 72.1 Å². The molecular formula is C17H31N3. The van der Waals surface area contributed by atoms with Crippen molar-refractivity contribution in [1.29, 1.82) is 5.26 Å². The molecule has 1 N–H and O–H groups in total. The van der Waals surface area contributed by atoms with Gasteiger partial charge in [0.15, 0.2) is 0 Å². The molecule has 3 atom stereocenters. The molecule has 0 aromatic carbocycles. The standard InChI is InChI=1S/C17H31N3/c1-4-15-8-6-5-7-11-20(15)16-9-10-17(12-16,13-18)19-14(2)3/h14-16,19H,4-12H2,1-3H3. The van der Waals surface area contributed by atoms with Gasteiger partial charge in [-0.1, -0.05) is 19.8 Å². The Hall–Kier alpha value is -0.590. The molecule has 0 amide bonds. The van der Waals surface area contributed by atoms with Gasteiger partial charge in [-0.25, -0.2) is 0 Å². The highest BCUT2D eigenvalue weighted by atomic mass is 15.2. The van der Waals surface area contributed by atoms with E-state index in [1.807, 2.05) is 0 Å². The predicted molar refractivity (Wildman–Crippen MR) is 83.5 cm³/mol. The molecule has 3 heteroatoms. The Morgan fingerprint density at radius 3 is 2.75 bits per heavy atom. The summed E-state index contributed by atoms with van der Waals surface area (Å²) in [6.07, 6.45) is 9.92. The lowest BCUT2D eigenvalue weighted by Crippen LogP contribution is -2.48. The summed E-state index contributed by atoms with van der Waals surface area (Å²) < 4.78 is 0. The number of hydrogen-bond donors (Lipinski definition) is 1. The molecule has 0 spiro atoms. The highest BCUT2D eigenvalue weighted by Crippen LogP contribution is 2.36. The van der Waals surface area contributed by atoms with E-state index in [1.165, 1.54) is 45.1 Å². The Bertz CT molecular complexity index is 347. The van der Waals surface area contributed by atoms with E-state index in [-0.39, 0.29) is 5.54 Å². The number of likely N-dealkylation sites (tertiary alicyclic amines) is 1. The zero-order chi connectivity index (χ0) is 14.6. The SMILES string of the molecule is CCC1CCCCCN1C1CCC(C#N)(NC(C)C)C1. The average molecular weight is 277 g/mol. The summed E-state index contributed by atoms with van der Waals surface area (Å²) in [6.45, 7) is 7.86. The van der Waals surface area contributed by atoms with E-state index in [4.69, 9.17) is 0 Å². The second kappa shape index (κ2) is 6.91. The van der Waals surface area contributed by atoms with Crippen molar-refractivity contribution >= 4 is 0 Å². The average Bonchev–Trinajstić information content (AvgIpc) is 2.69. The van der Waals surface area contributed by atoms with Crippen LogP contribution < -0.4 is 5.32 Å². The molecule has 1 heterocycles. The van der Waals surface area contributed by atoms with Crippen molar-refractivity contribution in [3.8, 4) is 6.07 Å². The van der Waals surface area contributed by atoms with Gasteiger partial charge in [-0.2, -0.15) is 5.26 Å². The van der Waals surface area contributed by atoms with Crippen LogP contribution in [0.15, 0.2) is 0 Å². The van der Waals surface area contributed by atoms with Crippen LogP contribution in [0.5, 0.6) is 0 Å². The zero-order valence-corrected chi connectivity index (χ0v) is 13.5. The van der Waals surface area contributed by atoms with Gasteiger partial charge in [-0.15, -0.1) is 0 Å². The third kappa shape index (κ3) is 3.54. The highest BCUT2D eigenvalue weighted by Gasteiger charge is 2.43. The second-order valence-corrected chi connectivity index (χ2v) is 7.04. The van der Waals surface area contributed by atoms with Gasteiger partial charge >= 0.3 is 0 Å². The topological polar surface area (TPSA) is 39.1 Å². The first kappa shape index (κ1) is 15.8. The molecule has 1 saturated carbocycles. The lowest BCUT2D eigenvalue weighted by molar-refractivity contribution is 0.130. The van der Waals surface area contributed by atoms with E-state index < -0.39 is 0 Å². The first-order valence-corrected chi connectivity index (χ1v) is 8.55. The third-order valence-electron chi connectivity index (χ3n) is 5.13. The van der Waals surface area contributed by atoms with Gasteiger partial charge < -0.3 is 0 Å². The summed E-state index contributed by atoms with van der Waals surface area (Å²) in [7, 11) is 0.